The molecule has 1 aromatic heterocycles. The van der Waals surface area contributed by atoms with Crippen LogP contribution in [-0.4, -0.2) is 57.2 Å². The van der Waals surface area contributed by atoms with E-state index < -0.39 is 32.8 Å². The van der Waals surface area contributed by atoms with Gasteiger partial charge < -0.3 is 14.5 Å². The van der Waals surface area contributed by atoms with Crippen LogP contribution in [0.15, 0.2) is 71.9 Å². The number of hydrogen-bond donors (Lipinski definition) is 0. The van der Waals surface area contributed by atoms with Crippen molar-refractivity contribution in [1.82, 2.24) is 9.88 Å². The Balaban J connectivity index is 1.43. The van der Waals surface area contributed by atoms with Gasteiger partial charge in [-0.2, -0.15) is 0 Å². The Kier molecular flexibility index (Phi) is 8.05. The molecule has 3 aromatic rings. The predicted molar refractivity (Wildman–Crippen MR) is 132 cm³/mol. The first-order chi connectivity index (χ1) is 17.3. The number of hydrogen-bond acceptors (Lipinski definition) is 6. The number of anilines is 1. The van der Waals surface area contributed by atoms with Crippen LogP contribution in [0.5, 0.6) is 0 Å². The van der Waals surface area contributed by atoms with E-state index in [-0.39, 0.29) is 23.5 Å². The molecule has 11 heteroatoms. The minimum Gasteiger partial charge on any atom is -0.449 e. The molecule has 0 unspecified atom stereocenters. The number of rotatable bonds is 7. The molecule has 4 rings (SSSR count). The maximum absolute atomic E-state index is 14.6. The second kappa shape index (κ2) is 11.2. The van der Waals surface area contributed by atoms with Gasteiger partial charge in [0.25, 0.3) is 0 Å². The molecule has 0 spiro atoms. The molecule has 0 saturated carbocycles. The van der Waals surface area contributed by atoms with Crippen LogP contribution in [0.4, 0.5) is 19.3 Å². The van der Waals surface area contributed by atoms with Crippen LogP contribution in [0.3, 0.4) is 0 Å². The van der Waals surface area contributed by atoms with Crippen molar-refractivity contribution in [3.8, 4) is 0 Å². The standard InChI is InChI=1S/C25H24ClF2N3O4S/c26-18-1-4-21(5-2-18)36(33,34)24(22-17-19(27)3-6-23(22)28)9-16-35-25(32)31-14-12-30(13-15-31)20-7-10-29-11-8-20/h1-8,10-11,17,24H,9,12-16H2/t24-/m0/s1. The molecule has 190 valence electrons. The molecule has 0 radical (unpaired) electrons. The fraction of sp³-hybridized carbons (Fsp3) is 0.280. The smallest absolute Gasteiger partial charge is 0.409 e. The maximum atomic E-state index is 14.6. The summed E-state index contributed by atoms with van der Waals surface area (Å²) in [7, 11) is -4.15. The van der Waals surface area contributed by atoms with Crippen LogP contribution < -0.4 is 4.90 Å². The van der Waals surface area contributed by atoms with Crippen molar-refractivity contribution in [3.05, 3.63) is 89.2 Å². The van der Waals surface area contributed by atoms with Crippen LogP contribution in [-0.2, 0) is 14.6 Å². The summed E-state index contributed by atoms with van der Waals surface area (Å²) in [4.78, 5) is 20.2. The SMILES string of the molecule is O=C(OCC[C@@H](c1cc(F)ccc1F)S(=O)(=O)c1ccc(Cl)cc1)N1CCN(c2ccncc2)CC1. The molecule has 0 N–H and O–H groups in total. The van der Waals surface area contributed by atoms with E-state index in [1.54, 1.807) is 12.4 Å². The predicted octanol–water partition coefficient (Wildman–Crippen LogP) is 4.88. The lowest BCUT2D eigenvalue weighted by molar-refractivity contribution is 0.0987. The minimum absolute atomic E-state index is 0.0980. The first-order valence-electron chi connectivity index (χ1n) is 11.3. The van der Waals surface area contributed by atoms with Crippen molar-refractivity contribution in [1.29, 1.82) is 0 Å². The zero-order valence-electron chi connectivity index (χ0n) is 19.2. The van der Waals surface area contributed by atoms with Gasteiger partial charge in [-0.25, -0.2) is 22.0 Å². The highest BCUT2D eigenvalue weighted by Crippen LogP contribution is 2.34. The lowest BCUT2D eigenvalue weighted by Gasteiger charge is -2.35. The molecule has 7 nitrogen and oxygen atoms in total. The molecular formula is C25H24ClF2N3O4S. The zero-order valence-corrected chi connectivity index (χ0v) is 20.8. The number of ether oxygens (including phenoxy) is 1. The van der Waals surface area contributed by atoms with Crippen LogP contribution in [0.25, 0.3) is 0 Å². The van der Waals surface area contributed by atoms with Crippen molar-refractivity contribution < 1.29 is 26.7 Å². The van der Waals surface area contributed by atoms with Gasteiger partial charge in [0.15, 0.2) is 9.84 Å². The molecule has 1 amide bonds. The molecule has 1 fully saturated rings. The quantitative estimate of drug-likeness (QED) is 0.429. The fourth-order valence-corrected chi connectivity index (χ4v) is 5.97. The number of carbonyl (C=O) groups is 1. The Labute approximate surface area is 213 Å². The third-order valence-corrected chi connectivity index (χ3v) is 8.41. The van der Waals surface area contributed by atoms with Crippen molar-refractivity contribution in [2.45, 2.75) is 16.6 Å². The van der Waals surface area contributed by atoms with Gasteiger partial charge in [0.05, 0.1) is 16.8 Å². The van der Waals surface area contributed by atoms with Gasteiger partial charge in [-0.3, -0.25) is 4.98 Å². The zero-order chi connectivity index (χ0) is 25.7. The van der Waals surface area contributed by atoms with E-state index >= 15 is 0 Å². The van der Waals surface area contributed by atoms with Crippen LogP contribution in [0, 0.1) is 11.6 Å². The number of piperazine rings is 1. The van der Waals surface area contributed by atoms with Gasteiger partial charge in [-0.15, -0.1) is 0 Å². The van der Waals surface area contributed by atoms with E-state index in [4.69, 9.17) is 16.3 Å². The van der Waals surface area contributed by atoms with Crippen LogP contribution >= 0.6 is 11.6 Å². The molecular weight excluding hydrogens is 512 g/mol. The highest BCUT2D eigenvalue weighted by Gasteiger charge is 2.32. The number of amides is 1. The van der Waals surface area contributed by atoms with Crippen LogP contribution in [0.1, 0.15) is 17.2 Å². The van der Waals surface area contributed by atoms with Gasteiger partial charge in [0.1, 0.15) is 11.6 Å². The molecule has 36 heavy (non-hydrogen) atoms. The summed E-state index contributed by atoms with van der Waals surface area (Å²) < 4.78 is 60.6. The lowest BCUT2D eigenvalue weighted by Crippen LogP contribution is -2.49. The Morgan fingerprint density at radius 3 is 2.33 bits per heavy atom. The third-order valence-electron chi connectivity index (χ3n) is 5.99. The largest absolute Gasteiger partial charge is 0.449 e. The van der Waals surface area contributed by atoms with E-state index in [0.717, 1.165) is 23.9 Å². The van der Waals surface area contributed by atoms with E-state index in [2.05, 4.69) is 9.88 Å². The first-order valence-corrected chi connectivity index (χ1v) is 13.2. The van der Waals surface area contributed by atoms with Crippen molar-refractivity contribution in [2.75, 3.05) is 37.7 Å². The van der Waals surface area contributed by atoms with E-state index in [1.165, 1.54) is 29.2 Å². The van der Waals surface area contributed by atoms with Gasteiger partial charge in [-0.1, -0.05) is 11.6 Å². The second-order valence-electron chi connectivity index (χ2n) is 8.24. The van der Waals surface area contributed by atoms with E-state index in [9.17, 15) is 22.0 Å². The van der Waals surface area contributed by atoms with Gasteiger partial charge in [0.2, 0.25) is 0 Å². The highest BCUT2D eigenvalue weighted by molar-refractivity contribution is 7.91. The van der Waals surface area contributed by atoms with E-state index in [0.29, 0.717) is 31.2 Å². The summed E-state index contributed by atoms with van der Waals surface area (Å²) in [5, 5.41) is -1.13. The molecule has 1 atom stereocenters. The molecule has 0 bridgehead atoms. The highest BCUT2D eigenvalue weighted by atomic mass is 35.5. The minimum atomic E-state index is -4.15. The van der Waals surface area contributed by atoms with Crippen molar-refractivity contribution in [3.63, 3.8) is 0 Å². The number of halogens is 3. The summed E-state index contributed by atoms with van der Waals surface area (Å²) in [6.07, 6.45) is 2.55. The molecule has 1 saturated heterocycles. The Hall–Kier alpha value is -3.24. The Morgan fingerprint density at radius 1 is 1.00 bits per heavy atom. The Morgan fingerprint density at radius 2 is 1.67 bits per heavy atom. The summed E-state index contributed by atoms with van der Waals surface area (Å²) in [6, 6.07) is 11.8. The molecule has 1 aliphatic heterocycles. The van der Waals surface area contributed by atoms with Gasteiger partial charge in [0, 0.05) is 61.3 Å². The normalized spacial score (nSPS) is 15.0. The number of pyridine rings is 1. The average molecular weight is 536 g/mol. The molecule has 2 aromatic carbocycles. The average Bonchev–Trinajstić information content (AvgIpc) is 2.89. The third kappa shape index (κ3) is 5.93. The topological polar surface area (TPSA) is 79.8 Å². The molecule has 1 aliphatic rings. The number of sulfone groups is 1. The first kappa shape index (κ1) is 25.8. The van der Waals surface area contributed by atoms with Gasteiger partial charge >= 0.3 is 6.09 Å². The molecule has 2 heterocycles. The summed E-state index contributed by atoms with van der Waals surface area (Å²) in [6.45, 7) is 1.75. The Bertz CT molecular complexity index is 1300. The summed E-state index contributed by atoms with van der Waals surface area (Å²) in [5.74, 6) is -1.63. The number of benzene rings is 2. The number of aromatic nitrogens is 1. The lowest BCUT2D eigenvalue weighted by atomic mass is 10.1. The molecule has 0 aliphatic carbocycles. The summed E-state index contributed by atoms with van der Waals surface area (Å²) in [5.41, 5.74) is 0.678. The van der Waals surface area contributed by atoms with Gasteiger partial charge in [-0.05, 0) is 54.6 Å². The summed E-state index contributed by atoms with van der Waals surface area (Å²) >= 11 is 5.87. The number of carbonyl (C=O) groups excluding carboxylic acids is 1. The van der Waals surface area contributed by atoms with E-state index in [1.807, 2.05) is 12.1 Å². The van der Waals surface area contributed by atoms with Crippen LogP contribution in [0.2, 0.25) is 5.02 Å². The van der Waals surface area contributed by atoms with Crippen molar-refractivity contribution >= 4 is 33.2 Å². The monoisotopic (exact) mass is 535 g/mol. The fourth-order valence-electron chi connectivity index (χ4n) is 4.07. The maximum Gasteiger partial charge on any atom is 0.409 e. The van der Waals surface area contributed by atoms with Crippen molar-refractivity contribution in [2.24, 2.45) is 0 Å². The second-order valence-corrected chi connectivity index (χ2v) is 10.8. The number of nitrogens with zero attached hydrogens (tertiary/aromatic N) is 3.